The van der Waals surface area contributed by atoms with Gasteiger partial charge < -0.3 is 26.3 Å². The summed E-state index contributed by atoms with van der Waals surface area (Å²) in [5.41, 5.74) is 14.1. The molecule has 30 heavy (non-hydrogen) atoms. The first-order valence-corrected chi connectivity index (χ1v) is 9.33. The lowest BCUT2D eigenvalue weighted by Gasteiger charge is -2.19. The van der Waals surface area contributed by atoms with Gasteiger partial charge in [-0.2, -0.15) is 0 Å². The van der Waals surface area contributed by atoms with Gasteiger partial charge in [0.25, 0.3) is 0 Å². The fourth-order valence-corrected chi connectivity index (χ4v) is 2.95. The predicted molar refractivity (Wildman–Crippen MR) is 117 cm³/mol. The third-order valence-corrected chi connectivity index (χ3v) is 4.55. The summed E-state index contributed by atoms with van der Waals surface area (Å²) in [6.07, 6.45) is 0. The quantitative estimate of drug-likeness (QED) is 0.322. The number of carbonyl (C=O) groups excluding carboxylic acids is 1. The highest BCUT2D eigenvalue weighted by Gasteiger charge is 2.20. The monoisotopic (exact) mass is 404 g/mol. The number of nitrogens with one attached hydrogen (secondary N) is 2. The molecule has 7 nitrogen and oxygen atoms in total. The highest BCUT2D eigenvalue weighted by atomic mass is 16.5. The second-order valence-corrected chi connectivity index (χ2v) is 6.66. The van der Waals surface area contributed by atoms with Crippen molar-refractivity contribution in [1.82, 2.24) is 0 Å². The minimum absolute atomic E-state index is 0.0242. The summed E-state index contributed by atoms with van der Waals surface area (Å²) in [6.45, 7) is 0.399. The molecule has 3 aromatic rings. The summed E-state index contributed by atoms with van der Waals surface area (Å²) in [4.78, 5) is 12.1. The number of rotatable bonds is 9. The van der Waals surface area contributed by atoms with Crippen LogP contribution in [0.3, 0.4) is 0 Å². The van der Waals surface area contributed by atoms with Crippen LogP contribution >= 0.6 is 0 Å². The van der Waals surface area contributed by atoms with Gasteiger partial charge in [-0.15, -0.1) is 0 Å². The molecule has 0 radical (unpaired) electrons. The maximum Gasteiger partial charge on any atom is 0.244 e. The van der Waals surface area contributed by atoms with E-state index in [0.29, 0.717) is 34.9 Å². The van der Waals surface area contributed by atoms with Gasteiger partial charge in [-0.05, 0) is 47.5 Å². The molecule has 0 bridgehead atoms. The summed E-state index contributed by atoms with van der Waals surface area (Å²) >= 11 is 0. The second kappa shape index (κ2) is 9.47. The first kappa shape index (κ1) is 20.7. The Morgan fingerprint density at radius 1 is 1.00 bits per heavy atom. The molecule has 0 aromatic heterocycles. The molecule has 0 aliphatic rings. The number of methoxy groups -OCH3 is 1. The fourth-order valence-electron chi connectivity index (χ4n) is 2.95. The Bertz CT molecular complexity index is 1020. The number of nitrogen functional groups attached to an aromatic ring is 1. The lowest BCUT2D eigenvalue weighted by molar-refractivity contribution is -0.118. The van der Waals surface area contributed by atoms with Crippen LogP contribution in [-0.2, 0) is 11.4 Å². The third kappa shape index (κ3) is 5.08. The Morgan fingerprint density at radius 3 is 2.30 bits per heavy atom. The number of ether oxygens (including phenoxy) is 2. The zero-order chi connectivity index (χ0) is 21.5. The molecule has 0 unspecified atom stereocenters. The van der Waals surface area contributed by atoms with Crippen LogP contribution in [0.2, 0.25) is 0 Å². The van der Waals surface area contributed by atoms with Gasteiger partial charge >= 0.3 is 0 Å². The van der Waals surface area contributed by atoms with Gasteiger partial charge in [-0.25, -0.2) is 0 Å². The summed E-state index contributed by atoms with van der Waals surface area (Å²) in [6, 6.07) is 21.2. The van der Waals surface area contributed by atoms with Gasteiger partial charge in [-0.1, -0.05) is 36.4 Å². The Balaban J connectivity index is 1.78. The number of carbonyl (C=O) groups is 1. The predicted octanol–water partition coefficient (Wildman–Crippen LogP) is 3.20. The first-order chi connectivity index (χ1) is 14.5. The highest BCUT2D eigenvalue weighted by Crippen LogP contribution is 2.32. The molecule has 1 atom stereocenters. The van der Waals surface area contributed by atoms with E-state index >= 15 is 0 Å². The lowest BCUT2D eigenvalue weighted by atomic mass is 10.0. The van der Waals surface area contributed by atoms with E-state index in [0.717, 1.165) is 5.56 Å². The molecular formula is C23H24N4O3. The molecule has 0 fully saturated rings. The molecule has 0 saturated heterocycles. The maximum atomic E-state index is 12.1. The van der Waals surface area contributed by atoms with Gasteiger partial charge in [0.1, 0.15) is 18.5 Å². The molecular weight excluding hydrogens is 380 g/mol. The Morgan fingerprint density at radius 2 is 1.70 bits per heavy atom. The maximum absolute atomic E-state index is 12.1. The van der Waals surface area contributed by atoms with Gasteiger partial charge in [-0.3, -0.25) is 10.2 Å². The largest absolute Gasteiger partial charge is 0.493 e. The molecule has 0 saturated carbocycles. The van der Waals surface area contributed by atoms with E-state index in [2.05, 4.69) is 5.32 Å². The number of nitrogens with two attached hydrogens (primary N) is 2. The summed E-state index contributed by atoms with van der Waals surface area (Å²) in [7, 11) is 1.54. The van der Waals surface area contributed by atoms with Crippen molar-refractivity contribution in [2.75, 3.05) is 12.4 Å². The van der Waals surface area contributed by atoms with Gasteiger partial charge in [0, 0.05) is 11.3 Å². The van der Waals surface area contributed by atoms with Crippen LogP contribution in [0, 0.1) is 5.41 Å². The van der Waals surface area contributed by atoms with E-state index in [1.807, 2.05) is 30.3 Å². The number of primary amides is 1. The number of amides is 1. The number of hydrogen-bond acceptors (Lipinski definition) is 5. The minimum atomic E-state index is -0.773. The second-order valence-electron chi connectivity index (χ2n) is 6.66. The smallest absolute Gasteiger partial charge is 0.244 e. The highest BCUT2D eigenvalue weighted by molar-refractivity contribution is 5.95. The molecule has 0 aliphatic carbocycles. The van der Waals surface area contributed by atoms with Gasteiger partial charge in [0.2, 0.25) is 5.91 Å². The Labute approximate surface area is 175 Å². The van der Waals surface area contributed by atoms with Crippen LogP contribution in [-0.4, -0.2) is 18.9 Å². The number of amidine groups is 1. The van der Waals surface area contributed by atoms with Crippen LogP contribution in [0.5, 0.6) is 11.5 Å². The topological polar surface area (TPSA) is 123 Å². The van der Waals surface area contributed by atoms with Gasteiger partial charge in [0.15, 0.2) is 11.5 Å². The van der Waals surface area contributed by atoms with Crippen molar-refractivity contribution < 1.29 is 14.3 Å². The van der Waals surface area contributed by atoms with E-state index < -0.39 is 11.9 Å². The van der Waals surface area contributed by atoms with Crippen LogP contribution in [0.15, 0.2) is 72.8 Å². The van der Waals surface area contributed by atoms with Crippen molar-refractivity contribution >= 4 is 17.4 Å². The van der Waals surface area contributed by atoms with Crippen molar-refractivity contribution in [3.63, 3.8) is 0 Å². The Hall–Kier alpha value is -4.00. The summed E-state index contributed by atoms with van der Waals surface area (Å²) < 4.78 is 11.3. The van der Waals surface area contributed by atoms with Crippen LogP contribution in [0.4, 0.5) is 5.69 Å². The van der Waals surface area contributed by atoms with Crippen LogP contribution in [0.25, 0.3) is 0 Å². The van der Waals surface area contributed by atoms with E-state index in [4.69, 9.17) is 26.4 Å². The minimum Gasteiger partial charge on any atom is -0.493 e. The molecule has 0 heterocycles. The molecule has 6 N–H and O–H groups in total. The third-order valence-electron chi connectivity index (χ3n) is 4.55. The van der Waals surface area contributed by atoms with Crippen LogP contribution in [0.1, 0.15) is 22.7 Å². The van der Waals surface area contributed by atoms with Crippen molar-refractivity contribution in [3.8, 4) is 11.5 Å². The van der Waals surface area contributed by atoms with Crippen molar-refractivity contribution in [2.24, 2.45) is 11.5 Å². The molecule has 1 amide bonds. The van der Waals surface area contributed by atoms with Crippen molar-refractivity contribution in [1.29, 1.82) is 5.41 Å². The van der Waals surface area contributed by atoms with Crippen LogP contribution < -0.4 is 26.3 Å². The first-order valence-electron chi connectivity index (χ1n) is 9.33. The average molecular weight is 404 g/mol. The van der Waals surface area contributed by atoms with Crippen molar-refractivity contribution in [3.05, 3.63) is 89.5 Å². The molecule has 0 spiro atoms. The van der Waals surface area contributed by atoms with E-state index in [-0.39, 0.29) is 5.84 Å². The van der Waals surface area contributed by atoms with E-state index in [1.165, 1.54) is 0 Å². The van der Waals surface area contributed by atoms with E-state index in [1.54, 1.807) is 49.6 Å². The average Bonchev–Trinajstić information content (AvgIpc) is 2.76. The molecule has 0 aliphatic heterocycles. The number of benzene rings is 3. The Kier molecular flexibility index (Phi) is 6.54. The summed E-state index contributed by atoms with van der Waals surface area (Å²) in [5.74, 6) is 0.511. The lowest BCUT2D eigenvalue weighted by Crippen LogP contribution is -2.27. The SMILES string of the molecule is COc1cc([C@H](Nc2ccc(C(=N)N)cc2)C(N)=O)ccc1OCc1ccccc1. The van der Waals surface area contributed by atoms with Crippen molar-refractivity contribution in [2.45, 2.75) is 12.6 Å². The zero-order valence-electron chi connectivity index (χ0n) is 16.6. The zero-order valence-corrected chi connectivity index (χ0v) is 16.6. The van der Waals surface area contributed by atoms with E-state index in [9.17, 15) is 4.79 Å². The number of anilines is 1. The van der Waals surface area contributed by atoms with Gasteiger partial charge in [0.05, 0.1) is 7.11 Å². The normalized spacial score (nSPS) is 11.4. The molecule has 7 heteroatoms. The molecule has 154 valence electrons. The fraction of sp³-hybridized carbons (Fsp3) is 0.130. The summed E-state index contributed by atoms with van der Waals surface area (Å²) in [5, 5.41) is 10.6. The molecule has 3 rings (SSSR count). The number of hydrogen-bond donors (Lipinski definition) is 4. The molecule has 3 aromatic carbocycles. The standard InChI is InChI=1S/C23H24N4O3/c1-29-20-13-17(9-12-19(20)30-14-15-5-3-2-4-6-15)21(23(26)28)27-18-10-7-16(8-11-18)22(24)25/h2-13,21,27H,14H2,1H3,(H3,24,25)(H2,26,28)/t21-/m0/s1.